The smallest absolute Gasteiger partial charge is 0.0342 e. The first-order valence-corrected chi connectivity index (χ1v) is 6.62. The van der Waals surface area contributed by atoms with E-state index >= 15 is 0 Å². The fourth-order valence-electron chi connectivity index (χ4n) is 3.63. The van der Waals surface area contributed by atoms with Crippen LogP contribution in [0.5, 0.6) is 0 Å². The quantitative estimate of drug-likeness (QED) is 0.807. The van der Waals surface area contributed by atoms with E-state index in [4.69, 9.17) is 0 Å². The molecular weight excluding hydrogens is 194 g/mol. The van der Waals surface area contributed by atoms with Crippen molar-refractivity contribution in [2.75, 3.05) is 11.9 Å². The third kappa shape index (κ3) is 1.95. The van der Waals surface area contributed by atoms with Crippen LogP contribution in [0.1, 0.15) is 31.2 Å². The minimum absolute atomic E-state index is 0.944. The van der Waals surface area contributed by atoms with Crippen LogP contribution in [0.2, 0.25) is 0 Å². The number of aryl methyl sites for hydroxylation is 1. The summed E-state index contributed by atoms with van der Waals surface area (Å²) in [6, 6.07) is 8.72. The van der Waals surface area contributed by atoms with Gasteiger partial charge in [-0.25, -0.2) is 0 Å². The van der Waals surface area contributed by atoms with Crippen molar-refractivity contribution in [2.24, 2.45) is 17.8 Å². The Morgan fingerprint density at radius 1 is 1.25 bits per heavy atom. The molecule has 0 spiro atoms. The summed E-state index contributed by atoms with van der Waals surface area (Å²) in [4.78, 5) is 0. The molecule has 86 valence electrons. The predicted octanol–water partition coefficient (Wildman–Crippen LogP) is 3.84. The molecular formula is C15H21N. The van der Waals surface area contributed by atoms with Gasteiger partial charge >= 0.3 is 0 Å². The first kappa shape index (κ1) is 10.2. The van der Waals surface area contributed by atoms with Crippen LogP contribution < -0.4 is 5.32 Å². The lowest BCUT2D eigenvalue weighted by molar-refractivity contribution is 0.348. The first-order valence-electron chi connectivity index (χ1n) is 6.62. The third-order valence-corrected chi connectivity index (χ3v) is 4.47. The molecule has 16 heavy (non-hydrogen) atoms. The highest BCUT2D eigenvalue weighted by atomic mass is 14.9. The molecule has 2 fully saturated rings. The summed E-state index contributed by atoms with van der Waals surface area (Å²) in [5.74, 6) is 3.04. The Kier molecular flexibility index (Phi) is 2.62. The summed E-state index contributed by atoms with van der Waals surface area (Å²) in [5.41, 5.74) is 2.64. The van der Waals surface area contributed by atoms with Crippen molar-refractivity contribution < 1.29 is 0 Å². The van der Waals surface area contributed by atoms with Gasteiger partial charge in [-0.2, -0.15) is 0 Å². The molecule has 1 aromatic carbocycles. The molecule has 0 radical (unpaired) electrons. The molecule has 3 unspecified atom stereocenters. The normalized spacial score (nSPS) is 31.9. The van der Waals surface area contributed by atoms with E-state index in [-0.39, 0.29) is 0 Å². The topological polar surface area (TPSA) is 12.0 Å². The van der Waals surface area contributed by atoms with Gasteiger partial charge in [0, 0.05) is 12.2 Å². The van der Waals surface area contributed by atoms with Crippen LogP contribution in [0.25, 0.3) is 0 Å². The number of hydrogen-bond acceptors (Lipinski definition) is 1. The zero-order valence-corrected chi connectivity index (χ0v) is 10.1. The fraction of sp³-hybridized carbons (Fsp3) is 0.600. The van der Waals surface area contributed by atoms with Crippen molar-refractivity contribution >= 4 is 5.69 Å². The molecule has 0 aromatic heterocycles. The Morgan fingerprint density at radius 2 is 2.19 bits per heavy atom. The second-order valence-corrected chi connectivity index (χ2v) is 5.69. The van der Waals surface area contributed by atoms with Crippen molar-refractivity contribution in [1.82, 2.24) is 0 Å². The maximum atomic E-state index is 3.61. The summed E-state index contributed by atoms with van der Waals surface area (Å²) in [5, 5.41) is 3.61. The van der Waals surface area contributed by atoms with Crippen LogP contribution >= 0.6 is 0 Å². The zero-order chi connectivity index (χ0) is 11.0. The van der Waals surface area contributed by atoms with Crippen LogP contribution in [0.15, 0.2) is 24.3 Å². The molecule has 2 aliphatic carbocycles. The van der Waals surface area contributed by atoms with Crippen LogP contribution in [0.4, 0.5) is 5.69 Å². The summed E-state index contributed by atoms with van der Waals surface area (Å²) in [6.07, 6.45) is 5.99. The average molecular weight is 215 g/mol. The zero-order valence-electron chi connectivity index (χ0n) is 10.1. The predicted molar refractivity (Wildman–Crippen MR) is 68.6 cm³/mol. The average Bonchev–Trinajstić information content (AvgIpc) is 2.88. The van der Waals surface area contributed by atoms with E-state index < -0.39 is 0 Å². The molecule has 2 aliphatic rings. The van der Waals surface area contributed by atoms with Gasteiger partial charge in [-0.1, -0.05) is 18.6 Å². The highest BCUT2D eigenvalue weighted by molar-refractivity contribution is 5.45. The van der Waals surface area contributed by atoms with Gasteiger partial charge in [0.1, 0.15) is 0 Å². The second kappa shape index (κ2) is 4.12. The van der Waals surface area contributed by atoms with Crippen LogP contribution in [-0.4, -0.2) is 6.54 Å². The first-order chi connectivity index (χ1) is 7.81. The van der Waals surface area contributed by atoms with Gasteiger partial charge in [-0.15, -0.1) is 0 Å². The standard InChI is InChI=1S/C15H21N/c1-11-3-2-4-15(7-11)16-10-14-9-12-5-6-13(14)8-12/h2-4,7,12-14,16H,5-6,8-10H2,1H3. The van der Waals surface area contributed by atoms with E-state index in [0.717, 1.165) is 17.8 Å². The molecule has 2 bridgehead atoms. The monoisotopic (exact) mass is 215 g/mol. The highest BCUT2D eigenvalue weighted by Crippen LogP contribution is 2.48. The fourth-order valence-corrected chi connectivity index (χ4v) is 3.63. The highest BCUT2D eigenvalue weighted by Gasteiger charge is 2.38. The van der Waals surface area contributed by atoms with Gasteiger partial charge in [-0.05, 0) is 61.6 Å². The van der Waals surface area contributed by atoms with E-state index in [0.29, 0.717) is 0 Å². The van der Waals surface area contributed by atoms with Crippen LogP contribution in [-0.2, 0) is 0 Å². The molecule has 1 nitrogen and oxygen atoms in total. The lowest BCUT2D eigenvalue weighted by Gasteiger charge is -2.22. The number of fused-ring (bicyclic) bond motifs is 2. The molecule has 0 aliphatic heterocycles. The summed E-state index contributed by atoms with van der Waals surface area (Å²) in [6.45, 7) is 3.34. The molecule has 3 rings (SSSR count). The largest absolute Gasteiger partial charge is 0.385 e. The van der Waals surface area contributed by atoms with E-state index in [1.807, 2.05) is 0 Å². The van der Waals surface area contributed by atoms with Gasteiger partial charge in [0.2, 0.25) is 0 Å². The molecule has 0 saturated heterocycles. The molecule has 0 heterocycles. The van der Waals surface area contributed by atoms with Gasteiger partial charge in [-0.3, -0.25) is 0 Å². The molecule has 1 N–H and O–H groups in total. The molecule has 3 atom stereocenters. The molecule has 2 saturated carbocycles. The Balaban J connectivity index is 1.57. The minimum Gasteiger partial charge on any atom is -0.385 e. The Labute approximate surface area is 98.3 Å². The van der Waals surface area contributed by atoms with Crippen molar-refractivity contribution in [2.45, 2.75) is 32.6 Å². The van der Waals surface area contributed by atoms with Crippen LogP contribution in [0, 0.1) is 24.7 Å². The summed E-state index contributed by atoms with van der Waals surface area (Å²) >= 11 is 0. The Bertz CT molecular complexity index is 371. The van der Waals surface area contributed by atoms with Gasteiger partial charge in [0.15, 0.2) is 0 Å². The number of nitrogens with one attached hydrogen (secondary N) is 1. The van der Waals surface area contributed by atoms with E-state index in [9.17, 15) is 0 Å². The number of rotatable bonds is 3. The molecule has 0 amide bonds. The van der Waals surface area contributed by atoms with Gasteiger partial charge in [0.25, 0.3) is 0 Å². The molecule has 1 aromatic rings. The van der Waals surface area contributed by atoms with E-state index in [2.05, 4.69) is 36.5 Å². The number of anilines is 1. The van der Waals surface area contributed by atoms with Crippen molar-refractivity contribution in [3.8, 4) is 0 Å². The van der Waals surface area contributed by atoms with E-state index in [1.54, 1.807) is 0 Å². The summed E-state index contributed by atoms with van der Waals surface area (Å²) in [7, 11) is 0. The lowest BCUT2D eigenvalue weighted by atomic mass is 9.89. The summed E-state index contributed by atoms with van der Waals surface area (Å²) < 4.78 is 0. The minimum atomic E-state index is 0.944. The third-order valence-electron chi connectivity index (χ3n) is 4.47. The van der Waals surface area contributed by atoms with Crippen molar-refractivity contribution in [1.29, 1.82) is 0 Å². The van der Waals surface area contributed by atoms with Crippen molar-refractivity contribution in [3.05, 3.63) is 29.8 Å². The number of benzene rings is 1. The molecule has 1 heteroatoms. The number of hydrogen-bond donors (Lipinski definition) is 1. The van der Waals surface area contributed by atoms with Gasteiger partial charge in [0.05, 0.1) is 0 Å². The second-order valence-electron chi connectivity index (χ2n) is 5.69. The van der Waals surface area contributed by atoms with Crippen LogP contribution in [0.3, 0.4) is 0 Å². The van der Waals surface area contributed by atoms with Crippen molar-refractivity contribution in [3.63, 3.8) is 0 Å². The Morgan fingerprint density at radius 3 is 2.88 bits per heavy atom. The lowest BCUT2D eigenvalue weighted by Crippen LogP contribution is -2.20. The Hall–Kier alpha value is -0.980. The van der Waals surface area contributed by atoms with Gasteiger partial charge < -0.3 is 5.32 Å². The SMILES string of the molecule is Cc1cccc(NCC2CC3CCC2C3)c1. The maximum absolute atomic E-state index is 3.61. The van der Waals surface area contributed by atoms with E-state index in [1.165, 1.54) is 43.5 Å². The maximum Gasteiger partial charge on any atom is 0.0342 e.